The number of anilines is 1. The van der Waals surface area contributed by atoms with Gasteiger partial charge in [-0.2, -0.15) is 0 Å². The molecule has 124 valence electrons. The topological polar surface area (TPSA) is 73.7 Å². The molecule has 2 aromatic rings. The van der Waals surface area contributed by atoms with Crippen molar-refractivity contribution in [2.75, 3.05) is 37.8 Å². The van der Waals surface area contributed by atoms with Crippen LogP contribution in [0.1, 0.15) is 0 Å². The first-order valence-electron chi connectivity index (χ1n) is 7.55. The lowest BCUT2D eigenvalue weighted by Gasteiger charge is -2.20. The summed E-state index contributed by atoms with van der Waals surface area (Å²) in [5.74, 6) is -0.338. The number of sulfonamides is 1. The number of aliphatic hydroxyl groups excluding tert-OH is 1. The first-order valence-corrected chi connectivity index (χ1v) is 9.16. The van der Waals surface area contributed by atoms with E-state index in [0.717, 1.165) is 16.6 Å². The summed E-state index contributed by atoms with van der Waals surface area (Å²) in [7, 11) is -0.291. The highest BCUT2D eigenvalue weighted by molar-refractivity contribution is 7.89. The number of rotatable bonds is 4. The Hall–Kier alpha value is -1.70. The number of β-amino-alcohol motifs (C(OH)–C–C–N with tert-alkyl or cyclic N) is 1. The molecule has 0 amide bonds. The number of fused-ring (bicyclic) bond motifs is 1. The molecule has 1 aromatic carbocycles. The van der Waals surface area contributed by atoms with Crippen LogP contribution in [0.15, 0.2) is 36.5 Å². The minimum Gasteiger partial charge on any atom is -0.391 e. The molecule has 0 spiro atoms. The van der Waals surface area contributed by atoms with Gasteiger partial charge in [-0.15, -0.1) is 0 Å². The molecule has 1 aliphatic rings. The van der Waals surface area contributed by atoms with Crippen molar-refractivity contribution < 1.29 is 13.5 Å². The number of benzene rings is 1. The number of hydrogen-bond donors (Lipinski definition) is 1. The number of nitrogens with zero attached hydrogens (tertiary/aromatic N) is 3. The second-order valence-electron chi connectivity index (χ2n) is 6.14. The Bertz CT molecular complexity index is 802. The predicted octanol–water partition coefficient (Wildman–Crippen LogP) is 0.923. The SMILES string of the molecule is CN(C)S(=O)(=O)C[C@@H]1CN(c2ccnc3ccccc23)C[C@H]1O. The van der Waals surface area contributed by atoms with Crippen LogP contribution in [0, 0.1) is 5.92 Å². The molecule has 1 saturated heterocycles. The summed E-state index contributed by atoms with van der Waals surface area (Å²) in [6.45, 7) is 0.948. The highest BCUT2D eigenvalue weighted by Gasteiger charge is 2.35. The van der Waals surface area contributed by atoms with E-state index in [4.69, 9.17) is 0 Å². The molecular weight excluding hydrogens is 314 g/mol. The van der Waals surface area contributed by atoms with Crippen LogP contribution in [0.2, 0.25) is 0 Å². The van der Waals surface area contributed by atoms with Gasteiger partial charge in [0.1, 0.15) is 0 Å². The third-order valence-electron chi connectivity index (χ3n) is 4.35. The van der Waals surface area contributed by atoms with Gasteiger partial charge in [-0.3, -0.25) is 4.98 Å². The minimum atomic E-state index is -3.33. The molecule has 1 aliphatic heterocycles. The highest BCUT2D eigenvalue weighted by atomic mass is 32.2. The summed E-state index contributed by atoms with van der Waals surface area (Å²) < 4.78 is 25.4. The first-order chi connectivity index (χ1) is 10.9. The van der Waals surface area contributed by atoms with Crippen LogP contribution in [0.4, 0.5) is 5.69 Å². The summed E-state index contributed by atoms with van der Waals surface area (Å²) in [6.07, 6.45) is 1.09. The molecule has 2 atom stereocenters. The van der Waals surface area contributed by atoms with Crippen LogP contribution in [-0.2, 0) is 10.0 Å². The van der Waals surface area contributed by atoms with E-state index in [-0.39, 0.29) is 11.7 Å². The highest BCUT2D eigenvalue weighted by Crippen LogP contribution is 2.30. The van der Waals surface area contributed by atoms with E-state index < -0.39 is 16.1 Å². The zero-order valence-electron chi connectivity index (χ0n) is 13.3. The molecule has 1 aromatic heterocycles. The maximum absolute atomic E-state index is 12.1. The Morgan fingerprint density at radius 3 is 2.74 bits per heavy atom. The average molecular weight is 335 g/mol. The third-order valence-corrected chi connectivity index (χ3v) is 6.32. The fraction of sp³-hybridized carbons (Fsp3) is 0.438. The maximum Gasteiger partial charge on any atom is 0.214 e. The molecule has 0 bridgehead atoms. The number of hydrogen-bond acceptors (Lipinski definition) is 5. The van der Waals surface area contributed by atoms with Crippen LogP contribution >= 0.6 is 0 Å². The van der Waals surface area contributed by atoms with Gasteiger partial charge in [-0.25, -0.2) is 12.7 Å². The van der Waals surface area contributed by atoms with E-state index in [1.807, 2.05) is 35.2 Å². The van der Waals surface area contributed by atoms with Gasteiger partial charge in [0.2, 0.25) is 10.0 Å². The zero-order valence-corrected chi connectivity index (χ0v) is 14.1. The van der Waals surface area contributed by atoms with Crippen molar-refractivity contribution in [2.24, 2.45) is 5.92 Å². The fourth-order valence-corrected chi connectivity index (χ4v) is 4.16. The van der Waals surface area contributed by atoms with Gasteiger partial charge in [0, 0.05) is 50.4 Å². The Morgan fingerprint density at radius 2 is 2.00 bits per heavy atom. The van der Waals surface area contributed by atoms with Crippen molar-refractivity contribution >= 4 is 26.6 Å². The van der Waals surface area contributed by atoms with E-state index in [0.29, 0.717) is 13.1 Å². The molecule has 1 N–H and O–H groups in total. The average Bonchev–Trinajstić information content (AvgIpc) is 2.87. The molecule has 7 heteroatoms. The molecule has 2 heterocycles. The Labute approximate surface area is 136 Å². The van der Waals surface area contributed by atoms with Gasteiger partial charge in [0.15, 0.2) is 0 Å². The van der Waals surface area contributed by atoms with Gasteiger partial charge in [-0.05, 0) is 12.1 Å². The van der Waals surface area contributed by atoms with E-state index in [1.165, 1.54) is 18.4 Å². The molecule has 3 rings (SSSR count). The van der Waals surface area contributed by atoms with Crippen molar-refractivity contribution in [3.8, 4) is 0 Å². The van der Waals surface area contributed by atoms with E-state index >= 15 is 0 Å². The van der Waals surface area contributed by atoms with Gasteiger partial charge in [0.05, 0.1) is 17.4 Å². The molecule has 0 unspecified atom stereocenters. The predicted molar refractivity (Wildman–Crippen MR) is 90.9 cm³/mol. The first kappa shape index (κ1) is 16.2. The molecular formula is C16H21N3O3S. The summed E-state index contributed by atoms with van der Waals surface area (Å²) >= 11 is 0. The van der Waals surface area contributed by atoms with E-state index in [1.54, 1.807) is 6.20 Å². The summed E-state index contributed by atoms with van der Waals surface area (Å²) in [5.41, 5.74) is 1.88. The standard InChI is InChI=1S/C16H21N3O3S/c1-18(2)23(21,22)11-12-9-19(10-16(12)20)15-7-8-17-14-6-4-3-5-13(14)15/h3-8,12,16,20H,9-11H2,1-2H3/t12-,16+/m0/s1. The van der Waals surface area contributed by atoms with Gasteiger partial charge < -0.3 is 10.0 Å². The molecule has 0 aliphatic carbocycles. The molecule has 6 nitrogen and oxygen atoms in total. The molecule has 1 fully saturated rings. The maximum atomic E-state index is 12.1. The van der Waals surface area contributed by atoms with E-state index in [2.05, 4.69) is 4.98 Å². The Morgan fingerprint density at radius 1 is 1.26 bits per heavy atom. The van der Waals surface area contributed by atoms with Crippen LogP contribution in [0.3, 0.4) is 0 Å². The van der Waals surface area contributed by atoms with Crippen LogP contribution in [0.5, 0.6) is 0 Å². The van der Waals surface area contributed by atoms with Crippen molar-refractivity contribution in [3.63, 3.8) is 0 Å². The van der Waals surface area contributed by atoms with Gasteiger partial charge in [-0.1, -0.05) is 18.2 Å². The summed E-state index contributed by atoms with van der Waals surface area (Å²) in [6, 6.07) is 9.74. The molecule has 0 radical (unpaired) electrons. The second kappa shape index (κ2) is 6.07. The van der Waals surface area contributed by atoms with Crippen LogP contribution in [0.25, 0.3) is 10.9 Å². The van der Waals surface area contributed by atoms with Crippen molar-refractivity contribution in [1.29, 1.82) is 0 Å². The lowest BCUT2D eigenvalue weighted by atomic mass is 10.1. The minimum absolute atomic E-state index is 0.0410. The smallest absolute Gasteiger partial charge is 0.214 e. The quantitative estimate of drug-likeness (QED) is 0.899. The van der Waals surface area contributed by atoms with Crippen molar-refractivity contribution in [3.05, 3.63) is 36.5 Å². The lowest BCUT2D eigenvalue weighted by Crippen LogP contribution is -2.33. The second-order valence-corrected chi connectivity index (χ2v) is 8.37. The van der Waals surface area contributed by atoms with Crippen LogP contribution < -0.4 is 4.90 Å². The van der Waals surface area contributed by atoms with Gasteiger partial charge in [0.25, 0.3) is 0 Å². The molecule has 23 heavy (non-hydrogen) atoms. The van der Waals surface area contributed by atoms with Gasteiger partial charge >= 0.3 is 0 Å². The Kier molecular flexibility index (Phi) is 4.27. The Balaban J connectivity index is 1.86. The normalized spacial score (nSPS) is 22.2. The lowest BCUT2D eigenvalue weighted by molar-refractivity contribution is 0.157. The molecule has 0 saturated carbocycles. The monoisotopic (exact) mass is 335 g/mol. The van der Waals surface area contributed by atoms with Crippen LogP contribution in [-0.4, -0.2) is 61.9 Å². The summed E-state index contributed by atoms with van der Waals surface area (Å²) in [4.78, 5) is 6.39. The fourth-order valence-electron chi connectivity index (χ4n) is 2.99. The van der Waals surface area contributed by atoms with E-state index in [9.17, 15) is 13.5 Å². The van der Waals surface area contributed by atoms with Crippen molar-refractivity contribution in [1.82, 2.24) is 9.29 Å². The summed E-state index contributed by atoms with van der Waals surface area (Å²) in [5, 5.41) is 11.3. The van der Waals surface area contributed by atoms with Crippen molar-refractivity contribution in [2.45, 2.75) is 6.10 Å². The third kappa shape index (κ3) is 3.17. The number of para-hydroxylation sites is 1. The zero-order chi connectivity index (χ0) is 16.6. The number of aliphatic hydroxyl groups is 1. The number of aromatic nitrogens is 1. The largest absolute Gasteiger partial charge is 0.391 e. The number of pyridine rings is 1.